The van der Waals surface area contributed by atoms with E-state index in [0.29, 0.717) is 16.1 Å². The molecule has 3 rings (SSSR count). The van der Waals surface area contributed by atoms with E-state index in [2.05, 4.69) is 9.97 Å². The van der Waals surface area contributed by atoms with Crippen molar-refractivity contribution in [2.45, 2.75) is 32.6 Å². The highest BCUT2D eigenvalue weighted by atomic mass is 32.1. The molecule has 1 aliphatic rings. The zero-order valence-electron chi connectivity index (χ0n) is 11.0. The number of rotatable bonds is 2. The van der Waals surface area contributed by atoms with Gasteiger partial charge in [0.15, 0.2) is 0 Å². The van der Waals surface area contributed by atoms with Crippen molar-refractivity contribution in [1.29, 1.82) is 0 Å². The number of aromatic amines is 1. The molecule has 2 aromatic rings. The van der Waals surface area contributed by atoms with Gasteiger partial charge in [-0.2, -0.15) is 0 Å². The number of hydrogen-bond acceptors (Lipinski definition) is 2. The molecule has 0 spiro atoms. The summed E-state index contributed by atoms with van der Waals surface area (Å²) in [5.41, 5.74) is 3.17. The third kappa shape index (κ3) is 2.45. The first-order valence-corrected chi connectivity index (χ1v) is 6.84. The number of aryl methyl sites for hydroxylation is 2. The van der Waals surface area contributed by atoms with Crippen LogP contribution in [0.3, 0.4) is 0 Å². The number of halogens is 1. The fourth-order valence-corrected chi connectivity index (χ4v) is 2.63. The third-order valence-corrected chi connectivity index (χ3v) is 3.64. The van der Waals surface area contributed by atoms with Crippen LogP contribution < -0.4 is 0 Å². The minimum absolute atomic E-state index is 0.212. The van der Waals surface area contributed by atoms with Crippen molar-refractivity contribution in [1.82, 2.24) is 9.97 Å². The molecular weight excluding hydrogens is 259 g/mol. The molecule has 0 radical (unpaired) electrons. The van der Waals surface area contributed by atoms with E-state index in [-0.39, 0.29) is 5.82 Å². The van der Waals surface area contributed by atoms with Crippen molar-refractivity contribution in [2.75, 3.05) is 0 Å². The maximum atomic E-state index is 14.2. The molecule has 1 aromatic heterocycles. The molecule has 0 saturated heterocycles. The summed E-state index contributed by atoms with van der Waals surface area (Å²) in [4.78, 5) is 7.58. The average molecular weight is 274 g/mol. The summed E-state index contributed by atoms with van der Waals surface area (Å²) >= 11 is 5.19. The van der Waals surface area contributed by atoms with Crippen LogP contribution in [0.25, 0.3) is 11.3 Å². The molecular formula is C15H15FN2S. The number of hydrogen-bond donors (Lipinski definition) is 1. The lowest BCUT2D eigenvalue weighted by Crippen LogP contribution is -1.99. The maximum absolute atomic E-state index is 14.2. The summed E-state index contributed by atoms with van der Waals surface area (Å²) in [5.74, 6) is 1.15. The van der Waals surface area contributed by atoms with Crippen LogP contribution in [0, 0.1) is 24.3 Å². The standard InChI is InChI=1S/C15H15FN2S/c1-8-5-9(2)14(11(16)6-8)12-7-13(19)18-15(17-12)10-3-4-10/h5-7,10H,3-4H2,1-2H3,(H,17,18,19). The first-order valence-electron chi connectivity index (χ1n) is 6.43. The van der Waals surface area contributed by atoms with Crippen LogP contribution in [0.5, 0.6) is 0 Å². The summed E-state index contributed by atoms with van der Waals surface area (Å²) in [6.07, 6.45) is 2.27. The summed E-state index contributed by atoms with van der Waals surface area (Å²) < 4.78 is 14.7. The van der Waals surface area contributed by atoms with Gasteiger partial charge in [-0.05, 0) is 49.9 Å². The molecule has 0 bridgehead atoms. The second kappa shape index (κ2) is 4.53. The molecule has 98 valence electrons. The summed E-state index contributed by atoms with van der Waals surface area (Å²) in [7, 11) is 0. The molecule has 4 heteroatoms. The van der Waals surface area contributed by atoms with E-state index in [1.54, 1.807) is 12.1 Å². The van der Waals surface area contributed by atoms with Crippen LogP contribution >= 0.6 is 12.2 Å². The fraction of sp³-hybridized carbons (Fsp3) is 0.333. The largest absolute Gasteiger partial charge is 0.343 e. The van der Waals surface area contributed by atoms with Gasteiger partial charge in [0.05, 0.1) is 5.69 Å². The quantitative estimate of drug-likeness (QED) is 0.820. The Labute approximate surface area is 116 Å². The SMILES string of the molecule is Cc1cc(C)c(-c2cc(=S)nc(C3CC3)[nH]2)c(F)c1. The topological polar surface area (TPSA) is 28.7 Å². The molecule has 0 aliphatic heterocycles. The van der Waals surface area contributed by atoms with Crippen LogP contribution in [-0.2, 0) is 0 Å². The molecule has 1 aliphatic carbocycles. The Morgan fingerprint density at radius 2 is 2.00 bits per heavy atom. The minimum atomic E-state index is -0.212. The van der Waals surface area contributed by atoms with E-state index < -0.39 is 0 Å². The van der Waals surface area contributed by atoms with E-state index >= 15 is 0 Å². The Kier molecular flexibility index (Phi) is 2.97. The van der Waals surface area contributed by atoms with Gasteiger partial charge in [0.25, 0.3) is 0 Å². The van der Waals surface area contributed by atoms with Crippen molar-refractivity contribution in [3.8, 4) is 11.3 Å². The van der Waals surface area contributed by atoms with Gasteiger partial charge in [0.2, 0.25) is 0 Å². The zero-order valence-corrected chi connectivity index (χ0v) is 11.8. The molecule has 0 amide bonds. The van der Waals surface area contributed by atoms with Crippen molar-refractivity contribution in [3.05, 3.63) is 45.6 Å². The second-order valence-corrected chi connectivity index (χ2v) is 5.65. The predicted molar refractivity (Wildman–Crippen MR) is 76.3 cm³/mol. The fourth-order valence-electron chi connectivity index (χ4n) is 2.42. The van der Waals surface area contributed by atoms with Gasteiger partial charge in [-0.3, -0.25) is 0 Å². The van der Waals surface area contributed by atoms with E-state index in [4.69, 9.17) is 12.2 Å². The monoisotopic (exact) mass is 274 g/mol. The highest BCUT2D eigenvalue weighted by molar-refractivity contribution is 7.71. The summed E-state index contributed by atoms with van der Waals surface area (Å²) in [6.45, 7) is 3.81. The lowest BCUT2D eigenvalue weighted by molar-refractivity contribution is 0.628. The Bertz CT molecular complexity index is 679. The molecule has 1 aromatic carbocycles. The second-order valence-electron chi connectivity index (χ2n) is 5.23. The highest BCUT2D eigenvalue weighted by Gasteiger charge is 2.26. The zero-order chi connectivity index (χ0) is 13.6. The van der Waals surface area contributed by atoms with Crippen LogP contribution in [0.4, 0.5) is 4.39 Å². The summed E-state index contributed by atoms with van der Waals surface area (Å²) in [6, 6.07) is 5.27. The molecule has 1 heterocycles. The molecule has 0 atom stereocenters. The highest BCUT2D eigenvalue weighted by Crippen LogP contribution is 2.39. The molecule has 1 N–H and O–H groups in total. The Balaban J connectivity index is 2.19. The third-order valence-electron chi connectivity index (χ3n) is 3.43. The molecule has 19 heavy (non-hydrogen) atoms. The minimum Gasteiger partial charge on any atom is -0.343 e. The van der Waals surface area contributed by atoms with Gasteiger partial charge >= 0.3 is 0 Å². The van der Waals surface area contributed by atoms with E-state index in [9.17, 15) is 4.39 Å². The predicted octanol–water partition coefficient (Wildman–Crippen LogP) is 4.44. The molecule has 0 unspecified atom stereocenters. The van der Waals surface area contributed by atoms with Crippen molar-refractivity contribution in [3.63, 3.8) is 0 Å². The van der Waals surface area contributed by atoms with E-state index in [0.717, 1.165) is 35.5 Å². The lowest BCUT2D eigenvalue weighted by Gasteiger charge is -2.10. The number of nitrogens with zero attached hydrogens (tertiary/aromatic N) is 1. The Morgan fingerprint density at radius 3 is 2.63 bits per heavy atom. The number of benzene rings is 1. The van der Waals surface area contributed by atoms with Crippen molar-refractivity contribution in [2.24, 2.45) is 0 Å². The number of nitrogens with one attached hydrogen (secondary N) is 1. The van der Waals surface area contributed by atoms with Gasteiger partial charge in [-0.25, -0.2) is 9.37 Å². The van der Waals surface area contributed by atoms with Crippen LogP contribution in [0.15, 0.2) is 18.2 Å². The number of aromatic nitrogens is 2. The van der Waals surface area contributed by atoms with Crippen LogP contribution in [0.1, 0.15) is 35.7 Å². The van der Waals surface area contributed by atoms with Crippen molar-refractivity contribution < 1.29 is 4.39 Å². The van der Waals surface area contributed by atoms with Gasteiger partial charge in [0.1, 0.15) is 16.3 Å². The lowest BCUT2D eigenvalue weighted by atomic mass is 10.0. The average Bonchev–Trinajstić information content (AvgIpc) is 3.10. The van der Waals surface area contributed by atoms with E-state index in [1.807, 2.05) is 19.9 Å². The van der Waals surface area contributed by atoms with Crippen molar-refractivity contribution >= 4 is 12.2 Å². The van der Waals surface area contributed by atoms with Gasteiger partial charge < -0.3 is 4.98 Å². The normalized spacial score (nSPS) is 14.7. The number of H-pyrrole nitrogens is 1. The first kappa shape index (κ1) is 12.5. The van der Waals surface area contributed by atoms with Gasteiger partial charge in [-0.1, -0.05) is 18.3 Å². The van der Waals surface area contributed by atoms with Crippen LogP contribution in [0.2, 0.25) is 0 Å². The summed E-state index contributed by atoms with van der Waals surface area (Å²) in [5, 5.41) is 0. The first-order chi connectivity index (χ1) is 9.04. The smallest absolute Gasteiger partial charge is 0.133 e. The van der Waals surface area contributed by atoms with Gasteiger partial charge in [0, 0.05) is 11.5 Å². The molecule has 2 nitrogen and oxygen atoms in total. The molecule has 1 saturated carbocycles. The Morgan fingerprint density at radius 1 is 1.26 bits per heavy atom. The van der Waals surface area contributed by atoms with E-state index in [1.165, 1.54) is 0 Å². The molecule has 1 fully saturated rings. The van der Waals surface area contributed by atoms with Crippen LogP contribution in [-0.4, -0.2) is 9.97 Å². The maximum Gasteiger partial charge on any atom is 0.133 e. The van der Waals surface area contributed by atoms with Gasteiger partial charge in [-0.15, -0.1) is 0 Å². The Hall–Kier alpha value is -1.55.